The van der Waals surface area contributed by atoms with Crippen LogP contribution in [0.2, 0.25) is 0 Å². The summed E-state index contributed by atoms with van der Waals surface area (Å²) in [4.78, 5) is 0. The lowest BCUT2D eigenvalue weighted by Crippen LogP contribution is -1.99. The fraction of sp³-hybridized carbons (Fsp3) is 0.400. The quantitative estimate of drug-likeness (QED) is 0.722. The smallest absolute Gasteiger partial charge is 0.0521 e. The van der Waals surface area contributed by atoms with Crippen LogP contribution in [0.5, 0.6) is 0 Å². The van der Waals surface area contributed by atoms with E-state index in [1.165, 1.54) is 11.3 Å². The van der Waals surface area contributed by atoms with Crippen molar-refractivity contribution in [3.05, 3.63) is 35.9 Å². The lowest BCUT2D eigenvalue weighted by molar-refractivity contribution is 0.703. The topological polar surface area (TPSA) is 35.6 Å². The molecular weight excluding hydrogens is 176 g/mol. The van der Waals surface area contributed by atoms with Crippen molar-refractivity contribution in [1.82, 2.24) is 19.6 Å². The first-order valence-electron chi connectivity index (χ1n) is 4.70. The third kappa shape index (κ3) is 1.84. The molecule has 0 aliphatic rings. The van der Waals surface area contributed by atoms with Gasteiger partial charge >= 0.3 is 0 Å². The van der Waals surface area contributed by atoms with E-state index in [-0.39, 0.29) is 0 Å². The largest absolute Gasteiger partial charge is 0.276 e. The van der Waals surface area contributed by atoms with Crippen molar-refractivity contribution in [2.45, 2.75) is 12.8 Å². The Kier molecular flexibility index (Phi) is 2.35. The summed E-state index contributed by atoms with van der Waals surface area (Å²) in [6, 6.07) is 2.05. The highest BCUT2D eigenvalue weighted by Crippen LogP contribution is 2.04. The Hall–Kier alpha value is -1.58. The average molecular weight is 190 g/mol. The van der Waals surface area contributed by atoms with Crippen LogP contribution >= 0.6 is 0 Å². The molecule has 4 heteroatoms. The molecule has 0 spiro atoms. The molecule has 0 fully saturated rings. The van der Waals surface area contributed by atoms with Crippen molar-refractivity contribution >= 4 is 0 Å². The molecule has 0 aliphatic heterocycles. The van der Waals surface area contributed by atoms with E-state index in [0.29, 0.717) is 0 Å². The molecule has 0 aliphatic carbocycles. The zero-order valence-corrected chi connectivity index (χ0v) is 8.51. The van der Waals surface area contributed by atoms with E-state index in [1.54, 1.807) is 0 Å². The molecule has 0 saturated heterocycles. The normalized spacial score (nSPS) is 10.7. The Morgan fingerprint density at radius 2 is 2.07 bits per heavy atom. The molecule has 0 unspecified atom stereocenters. The van der Waals surface area contributed by atoms with Crippen LogP contribution in [0.4, 0.5) is 0 Å². The molecule has 2 heterocycles. The molecule has 0 atom stereocenters. The molecule has 4 nitrogen and oxygen atoms in total. The van der Waals surface area contributed by atoms with Gasteiger partial charge in [-0.05, 0) is 24.5 Å². The first kappa shape index (κ1) is 8.99. The molecule has 0 bridgehead atoms. The molecule has 0 aromatic carbocycles. The maximum absolute atomic E-state index is 4.13. The Bertz CT molecular complexity index is 413. The van der Waals surface area contributed by atoms with Crippen molar-refractivity contribution in [3.63, 3.8) is 0 Å². The summed E-state index contributed by atoms with van der Waals surface area (Å²) in [5.41, 5.74) is 2.53. The molecule has 2 aromatic heterocycles. The number of rotatable bonds is 3. The highest BCUT2D eigenvalue weighted by atomic mass is 15.3. The van der Waals surface area contributed by atoms with Gasteiger partial charge in [0.2, 0.25) is 0 Å². The maximum Gasteiger partial charge on any atom is 0.0521 e. The van der Waals surface area contributed by atoms with Crippen LogP contribution in [-0.2, 0) is 26.9 Å². The van der Waals surface area contributed by atoms with Crippen molar-refractivity contribution in [1.29, 1.82) is 0 Å². The molecule has 2 aromatic rings. The Labute approximate surface area is 83.2 Å². The lowest BCUT2D eigenvalue weighted by atomic mass is 10.1. The maximum atomic E-state index is 4.13. The first-order valence-corrected chi connectivity index (χ1v) is 4.70. The number of hydrogen-bond donors (Lipinski definition) is 0. The van der Waals surface area contributed by atoms with Crippen molar-refractivity contribution in [2.75, 3.05) is 0 Å². The van der Waals surface area contributed by atoms with Gasteiger partial charge in [-0.15, -0.1) is 0 Å². The van der Waals surface area contributed by atoms with Gasteiger partial charge in [-0.2, -0.15) is 10.2 Å². The van der Waals surface area contributed by atoms with Gasteiger partial charge in [-0.3, -0.25) is 9.36 Å². The summed E-state index contributed by atoms with van der Waals surface area (Å²) >= 11 is 0. The lowest BCUT2D eigenvalue weighted by Gasteiger charge is -1.99. The summed E-state index contributed by atoms with van der Waals surface area (Å²) in [6.45, 7) is 0. The van der Waals surface area contributed by atoms with Crippen LogP contribution in [0, 0.1) is 0 Å². The van der Waals surface area contributed by atoms with Gasteiger partial charge in [0.15, 0.2) is 0 Å². The van der Waals surface area contributed by atoms with Crippen LogP contribution < -0.4 is 0 Å². The van der Waals surface area contributed by atoms with Crippen molar-refractivity contribution < 1.29 is 0 Å². The Morgan fingerprint density at radius 1 is 1.21 bits per heavy atom. The predicted molar refractivity (Wildman–Crippen MR) is 53.8 cm³/mol. The molecular formula is C10H14N4. The van der Waals surface area contributed by atoms with E-state index in [1.807, 2.05) is 35.9 Å². The second-order valence-corrected chi connectivity index (χ2v) is 3.47. The number of aryl methyl sites for hydroxylation is 4. The highest BCUT2D eigenvalue weighted by molar-refractivity contribution is 5.08. The monoisotopic (exact) mass is 190 g/mol. The number of hydrogen-bond acceptors (Lipinski definition) is 2. The first-order chi connectivity index (χ1) is 6.75. The van der Waals surface area contributed by atoms with E-state index in [0.717, 1.165) is 12.8 Å². The molecule has 0 amide bonds. The van der Waals surface area contributed by atoms with Gasteiger partial charge in [-0.25, -0.2) is 0 Å². The molecule has 0 saturated carbocycles. The second-order valence-electron chi connectivity index (χ2n) is 3.47. The van der Waals surface area contributed by atoms with Gasteiger partial charge in [-0.1, -0.05) is 0 Å². The summed E-state index contributed by atoms with van der Waals surface area (Å²) in [6.07, 6.45) is 7.83. The summed E-state index contributed by atoms with van der Waals surface area (Å²) in [7, 11) is 3.91. The standard InChI is InChI=1S/C10H14N4/c1-13-8-9(7-12-13)3-4-10-5-6-11-14(10)2/h5-8H,3-4H2,1-2H3. The van der Waals surface area contributed by atoms with Crippen molar-refractivity contribution in [3.8, 4) is 0 Å². The highest BCUT2D eigenvalue weighted by Gasteiger charge is 2.00. The average Bonchev–Trinajstić information content (AvgIpc) is 2.72. The minimum absolute atomic E-state index is 1.02. The van der Waals surface area contributed by atoms with Crippen LogP contribution in [-0.4, -0.2) is 19.6 Å². The van der Waals surface area contributed by atoms with Gasteiger partial charge in [0.05, 0.1) is 6.20 Å². The molecule has 0 radical (unpaired) electrons. The van der Waals surface area contributed by atoms with E-state index >= 15 is 0 Å². The second kappa shape index (κ2) is 3.65. The third-order valence-corrected chi connectivity index (χ3v) is 2.35. The number of nitrogens with zero attached hydrogens (tertiary/aromatic N) is 4. The van der Waals surface area contributed by atoms with Crippen LogP contribution in [0.3, 0.4) is 0 Å². The molecule has 14 heavy (non-hydrogen) atoms. The molecule has 2 rings (SSSR count). The number of aromatic nitrogens is 4. The van der Waals surface area contributed by atoms with Crippen LogP contribution in [0.25, 0.3) is 0 Å². The summed E-state index contributed by atoms with van der Waals surface area (Å²) in [5, 5.41) is 8.26. The SMILES string of the molecule is Cn1cc(CCc2ccnn2C)cn1. The fourth-order valence-corrected chi connectivity index (χ4v) is 1.52. The zero-order valence-electron chi connectivity index (χ0n) is 8.51. The zero-order chi connectivity index (χ0) is 9.97. The van der Waals surface area contributed by atoms with E-state index in [9.17, 15) is 0 Å². The van der Waals surface area contributed by atoms with Gasteiger partial charge in [0, 0.05) is 32.2 Å². The fourth-order valence-electron chi connectivity index (χ4n) is 1.52. The van der Waals surface area contributed by atoms with Crippen molar-refractivity contribution in [2.24, 2.45) is 14.1 Å². The van der Waals surface area contributed by atoms with Crippen LogP contribution in [0.1, 0.15) is 11.3 Å². The van der Waals surface area contributed by atoms with Crippen LogP contribution in [0.15, 0.2) is 24.7 Å². The van der Waals surface area contributed by atoms with Gasteiger partial charge < -0.3 is 0 Å². The third-order valence-electron chi connectivity index (χ3n) is 2.35. The van der Waals surface area contributed by atoms with E-state index < -0.39 is 0 Å². The Morgan fingerprint density at radius 3 is 2.64 bits per heavy atom. The summed E-state index contributed by atoms with van der Waals surface area (Å²) < 4.78 is 3.74. The molecule has 74 valence electrons. The van der Waals surface area contributed by atoms with Gasteiger partial charge in [0.25, 0.3) is 0 Å². The summed E-state index contributed by atoms with van der Waals surface area (Å²) in [5.74, 6) is 0. The van der Waals surface area contributed by atoms with E-state index in [4.69, 9.17) is 0 Å². The minimum atomic E-state index is 1.02. The Balaban J connectivity index is 1.98. The minimum Gasteiger partial charge on any atom is -0.276 e. The predicted octanol–water partition coefficient (Wildman–Crippen LogP) is 0.939. The van der Waals surface area contributed by atoms with E-state index in [2.05, 4.69) is 22.5 Å². The van der Waals surface area contributed by atoms with Gasteiger partial charge in [0.1, 0.15) is 0 Å². The molecule has 0 N–H and O–H groups in total.